The van der Waals surface area contributed by atoms with Crippen LogP contribution in [0.15, 0.2) is 18.2 Å². The highest BCUT2D eigenvalue weighted by Gasteiger charge is 2.08. The third-order valence-corrected chi connectivity index (χ3v) is 2.91. The summed E-state index contributed by atoms with van der Waals surface area (Å²) < 4.78 is 5.37. The number of benzene rings is 1. The van der Waals surface area contributed by atoms with Crippen LogP contribution in [0.2, 0.25) is 0 Å². The quantitative estimate of drug-likeness (QED) is 0.789. The third-order valence-electron chi connectivity index (χ3n) is 2.91. The Bertz CT molecular complexity index is 339. The minimum Gasteiger partial charge on any atom is -0.496 e. The first kappa shape index (κ1) is 14.0. The second kappa shape index (κ2) is 7.30. The van der Waals surface area contributed by atoms with E-state index in [1.165, 1.54) is 11.1 Å². The van der Waals surface area contributed by atoms with E-state index in [0.29, 0.717) is 0 Å². The summed E-state index contributed by atoms with van der Waals surface area (Å²) in [4.78, 5) is 2.31. The third kappa shape index (κ3) is 4.36. The minimum atomic E-state index is 0.251. The molecule has 0 radical (unpaired) electrons. The maximum absolute atomic E-state index is 8.87. The Balaban J connectivity index is 2.73. The molecule has 17 heavy (non-hydrogen) atoms. The number of rotatable bonds is 7. The molecule has 3 nitrogen and oxygen atoms in total. The molecule has 0 spiro atoms. The van der Waals surface area contributed by atoms with Gasteiger partial charge >= 0.3 is 0 Å². The van der Waals surface area contributed by atoms with Crippen LogP contribution in [0.25, 0.3) is 0 Å². The predicted octanol–water partition coefficient (Wildman–Crippen LogP) is 2.21. The van der Waals surface area contributed by atoms with Gasteiger partial charge in [0.15, 0.2) is 0 Å². The van der Waals surface area contributed by atoms with Crippen molar-refractivity contribution in [3.8, 4) is 5.75 Å². The Morgan fingerprint density at radius 2 is 2.12 bits per heavy atom. The van der Waals surface area contributed by atoms with E-state index in [9.17, 15) is 0 Å². The van der Waals surface area contributed by atoms with Crippen molar-refractivity contribution in [3.05, 3.63) is 29.3 Å². The number of hydrogen-bond acceptors (Lipinski definition) is 3. The van der Waals surface area contributed by atoms with Crippen molar-refractivity contribution in [1.29, 1.82) is 0 Å². The molecule has 0 bridgehead atoms. The van der Waals surface area contributed by atoms with Crippen LogP contribution in [0.1, 0.15) is 24.5 Å². The summed E-state index contributed by atoms with van der Waals surface area (Å²) in [7, 11) is 1.71. The summed E-state index contributed by atoms with van der Waals surface area (Å²) in [5, 5.41) is 8.87. The Morgan fingerprint density at radius 3 is 2.71 bits per heavy atom. The van der Waals surface area contributed by atoms with Gasteiger partial charge in [0.05, 0.1) is 7.11 Å². The van der Waals surface area contributed by atoms with Crippen molar-refractivity contribution in [2.24, 2.45) is 0 Å². The lowest BCUT2D eigenvalue weighted by Gasteiger charge is -2.21. The fourth-order valence-corrected chi connectivity index (χ4v) is 1.92. The van der Waals surface area contributed by atoms with E-state index in [-0.39, 0.29) is 6.61 Å². The van der Waals surface area contributed by atoms with Gasteiger partial charge in [0.25, 0.3) is 0 Å². The lowest BCUT2D eigenvalue weighted by molar-refractivity contribution is 0.223. The van der Waals surface area contributed by atoms with Crippen molar-refractivity contribution in [1.82, 2.24) is 4.90 Å². The zero-order chi connectivity index (χ0) is 12.7. The Kier molecular flexibility index (Phi) is 6.01. The summed E-state index contributed by atoms with van der Waals surface area (Å²) in [6, 6.07) is 6.25. The van der Waals surface area contributed by atoms with E-state index in [0.717, 1.165) is 31.8 Å². The Labute approximate surface area is 104 Å². The number of aliphatic hydroxyl groups excluding tert-OH is 1. The van der Waals surface area contributed by atoms with Gasteiger partial charge in [0.2, 0.25) is 0 Å². The molecule has 1 aromatic rings. The van der Waals surface area contributed by atoms with Crippen LogP contribution < -0.4 is 4.74 Å². The van der Waals surface area contributed by atoms with Crippen molar-refractivity contribution in [2.45, 2.75) is 26.8 Å². The van der Waals surface area contributed by atoms with E-state index in [4.69, 9.17) is 9.84 Å². The number of ether oxygens (including phenoxy) is 1. The lowest BCUT2D eigenvalue weighted by Crippen LogP contribution is -2.25. The number of nitrogens with zero attached hydrogens (tertiary/aromatic N) is 1. The molecular weight excluding hydrogens is 214 g/mol. The van der Waals surface area contributed by atoms with Gasteiger partial charge in [-0.25, -0.2) is 0 Å². The Hall–Kier alpha value is -1.06. The molecule has 0 aliphatic rings. The van der Waals surface area contributed by atoms with E-state index < -0.39 is 0 Å². The van der Waals surface area contributed by atoms with Gasteiger partial charge < -0.3 is 9.84 Å². The zero-order valence-corrected chi connectivity index (χ0v) is 11.1. The molecule has 0 aromatic heterocycles. The molecule has 96 valence electrons. The molecule has 3 heteroatoms. The number of aliphatic hydroxyl groups is 1. The standard InChI is InChI=1S/C14H23NO2/c1-4-15(8-5-9-16)11-13-10-12(2)6-7-14(13)17-3/h6-7,10,16H,4-5,8-9,11H2,1-3H3. The van der Waals surface area contributed by atoms with E-state index >= 15 is 0 Å². The smallest absolute Gasteiger partial charge is 0.123 e. The molecule has 1 rings (SSSR count). The average Bonchev–Trinajstić information content (AvgIpc) is 2.34. The van der Waals surface area contributed by atoms with Crippen molar-refractivity contribution < 1.29 is 9.84 Å². The van der Waals surface area contributed by atoms with E-state index in [1.54, 1.807) is 7.11 Å². The van der Waals surface area contributed by atoms with Crippen molar-refractivity contribution in [3.63, 3.8) is 0 Å². The largest absolute Gasteiger partial charge is 0.496 e. The monoisotopic (exact) mass is 237 g/mol. The molecule has 0 atom stereocenters. The fourth-order valence-electron chi connectivity index (χ4n) is 1.92. The van der Waals surface area contributed by atoms with Crippen LogP contribution in [0.4, 0.5) is 0 Å². The van der Waals surface area contributed by atoms with Gasteiger partial charge in [-0.15, -0.1) is 0 Å². The first-order chi connectivity index (χ1) is 8.21. The van der Waals surface area contributed by atoms with Gasteiger partial charge in [-0.05, 0) is 26.0 Å². The first-order valence-electron chi connectivity index (χ1n) is 6.18. The van der Waals surface area contributed by atoms with Crippen LogP contribution in [-0.4, -0.2) is 36.8 Å². The van der Waals surface area contributed by atoms with Gasteiger partial charge in [-0.3, -0.25) is 4.90 Å². The molecule has 0 heterocycles. The summed E-state index contributed by atoms with van der Waals surface area (Å²) in [6.07, 6.45) is 0.821. The van der Waals surface area contributed by atoms with Gasteiger partial charge in [-0.1, -0.05) is 24.6 Å². The Morgan fingerprint density at radius 1 is 1.35 bits per heavy atom. The van der Waals surface area contributed by atoms with Crippen LogP contribution in [0.3, 0.4) is 0 Å². The predicted molar refractivity (Wildman–Crippen MR) is 70.4 cm³/mol. The topological polar surface area (TPSA) is 32.7 Å². The van der Waals surface area contributed by atoms with Crippen LogP contribution in [0, 0.1) is 6.92 Å². The average molecular weight is 237 g/mol. The molecule has 0 amide bonds. The summed E-state index contributed by atoms with van der Waals surface area (Å²) in [5.41, 5.74) is 2.46. The second-order valence-electron chi connectivity index (χ2n) is 4.26. The molecule has 0 unspecified atom stereocenters. The molecule has 1 aromatic carbocycles. The highest BCUT2D eigenvalue weighted by atomic mass is 16.5. The maximum atomic E-state index is 8.87. The van der Waals surface area contributed by atoms with Crippen LogP contribution in [-0.2, 0) is 6.54 Å². The maximum Gasteiger partial charge on any atom is 0.123 e. The molecule has 0 saturated heterocycles. The minimum absolute atomic E-state index is 0.251. The molecule has 0 aliphatic carbocycles. The molecule has 0 saturated carbocycles. The van der Waals surface area contributed by atoms with Crippen molar-refractivity contribution >= 4 is 0 Å². The number of methoxy groups -OCH3 is 1. The van der Waals surface area contributed by atoms with E-state index in [1.807, 2.05) is 6.07 Å². The molecule has 0 fully saturated rings. The molecule has 1 N–H and O–H groups in total. The highest BCUT2D eigenvalue weighted by Crippen LogP contribution is 2.21. The normalized spacial score (nSPS) is 10.9. The van der Waals surface area contributed by atoms with Gasteiger partial charge in [0, 0.05) is 25.3 Å². The lowest BCUT2D eigenvalue weighted by atomic mass is 10.1. The molecular formula is C14H23NO2. The number of hydrogen-bond donors (Lipinski definition) is 1. The summed E-state index contributed by atoms with van der Waals surface area (Å²) in [5.74, 6) is 0.943. The van der Waals surface area contributed by atoms with E-state index in [2.05, 4.69) is 30.9 Å². The SMILES string of the molecule is CCN(CCCO)Cc1cc(C)ccc1OC. The highest BCUT2D eigenvalue weighted by molar-refractivity contribution is 5.36. The van der Waals surface area contributed by atoms with Crippen molar-refractivity contribution in [2.75, 3.05) is 26.8 Å². The fraction of sp³-hybridized carbons (Fsp3) is 0.571. The summed E-state index contributed by atoms with van der Waals surface area (Å²) >= 11 is 0. The van der Waals surface area contributed by atoms with Gasteiger partial charge in [-0.2, -0.15) is 0 Å². The first-order valence-corrected chi connectivity index (χ1v) is 6.18. The second-order valence-corrected chi connectivity index (χ2v) is 4.26. The van der Waals surface area contributed by atoms with Crippen LogP contribution in [0.5, 0.6) is 5.75 Å². The zero-order valence-electron chi connectivity index (χ0n) is 11.1. The number of aryl methyl sites for hydroxylation is 1. The molecule has 0 aliphatic heterocycles. The van der Waals surface area contributed by atoms with Crippen LogP contribution >= 0.6 is 0 Å². The van der Waals surface area contributed by atoms with Gasteiger partial charge in [0.1, 0.15) is 5.75 Å². The summed E-state index contributed by atoms with van der Waals surface area (Å²) in [6.45, 7) is 7.26.